The van der Waals surface area contributed by atoms with Gasteiger partial charge in [0.2, 0.25) is 0 Å². The third kappa shape index (κ3) is 7.13. The summed E-state index contributed by atoms with van der Waals surface area (Å²) in [5.41, 5.74) is 2.87. The molecule has 8 heteroatoms. The smallest absolute Gasteiger partial charge is 0.257 e. The number of ether oxygens (including phenoxy) is 1. The van der Waals surface area contributed by atoms with Crippen LogP contribution in [0.3, 0.4) is 0 Å². The standard InChI is InChI=1S/C25H24BrN3O3S/c1-29(2)24(31)18-8-11-20(12-9-18)27-25(33)28-23(30)19-10-13-22(21(26)16-19)32-15-14-17-6-4-3-5-7-17/h3-13,16H,14-15H2,1-2H3,(H2,27,28,30,33). The van der Waals surface area contributed by atoms with E-state index < -0.39 is 0 Å². The van der Waals surface area contributed by atoms with Crippen LogP contribution < -0.4 is 15.4 Å². The maximum Gasteiger partial charge on any atom is 0.257 e. The van der Waals surface area contributed by atoms with Gasteiger partial charge >= 0.3 is 0 Å². The Morgan fingerprint density at radius 2 is 1.64 bits per heavy atom. The Labute approximate surface area is 207 Å². The molecule has 0 aliphatic carbocycles. The highest BCUT2D eigenvalue weighted by Crippen LogP contribution is 2.26. The van der Waals surface area contributed by atoms with E-state index in [1.807, 2.05) is 18.2 Å². The van der Waals surface area contributed by atoms with Crippen molar-refractivity contribution in [3.8, 4) is 5.75 Å². The van der Waals surface area contributed by atoms with Gasteiger partial charge in [-0.25, -0.2) is 0 Å². The number of carbonyl (C=O) groups excluding carboxylic acids is 2. The second-order valence-electron chi connectivity index (χ2n) is 7.41. The molecule has 0 unspecified atom stereocenters. The van der Waals surface area contributed by atoms with Gasteiger partial charge in [0.1, 0.15) is 5.75 Å². The van der Waals surface area contributed by atoms with Gasteiger partial charge in [-0.2, -0.15) is 0 Å². The highest BCUT2D eigenvalue weighted by Gasteiger charge is 2.12. The molecule has 0 heterocycles. The lowest BCUT2D eigenvalue weighted by atomic mass is 10.2. The van der Waals surface area contributed by atoms with E-state index in [0.717, 1.165) is 6.42 Å². The molecule has 0 spiro atoms. The first kappa shape index (κ1) is 24.4. The molecule has 0 aliphatic heterocycles. The summed E-state index contributed by atoms with van der Waals surface area (Å²) >= 11 is 8.71. The number of nitrogens with one attached hydrogen (secondary N) is 2. The summed E-state index contributed by atoms with van der Waals surface area (Å²) in [6.45, 7) is 0.529. The first-order valence-electron chi connectivity index (χ1n) is 10.2. The van der Waals surface area contributed by atoms with Crippen LogP contribution in [0.2, 0.25) is 0 Å². The summed E-state index contributed by atoms with van der Waals surface area (Å²) in [6.07, 6.45) is 0.791. The Morgan fingerprint density at radius 3 is 2.27 bits per heavy atom. The van der Waals surface area contributed by atoms with Crippen LogP contribution in [0.25, 0.3) is 0 Å². The van der Waals surface area contributed by atoms with Crippen LogP contribution in [0, 0.1) is 0 Å². The monoisotopic (exact) mass is 525 g/mol. The van der Waals surface area contributed by atoms with Crippen molar-refractivity contribution in [2.75, 3.05) is 26.0 Å². The Bertz CT molecular complexity index is 1140. The fraction of sp³-hybridized carbons (Fsp3) is 0.160. The minimum Gasteiger partial charge on any atom is -0.492 e. The summed E-state index contributed by atoms with van der Waals surface area (Å²) < 4.78 is 6.52. The van der Waals surface area contributed by atoms with E-state index in [2.05, 4.69) is 38.7 Å². The molecule has 2 amide bonds. The first-order chi connectivity index (χ1) is 15.8. The van der Waals surface area contributed by atoms with Gasteiger partial charge in [0.15, 0.2) is 5.11 Å². The number of nitrogens with zero attached hydrogens (tertiary/aromatic N) is 1. The lowest BCUT2D eigenvalue weighted by Gasteiger charge is -2.13. The van der Waals surface area contributed by atoms with Gasteiger partial charge in [0.25, 0.3) is 11.8 Å². The van der Waals surface area contributed by atoms with Gasteiger partial charge in [0.05, 0.1) is 11.1 Å². The topological polar surface area (TPSA) is 70.7 Å². The van der Waals surface area contributed by atoms with Gasteiger partial charge in [-0.3, -0.25) is 14.9 Å². The highest BCUT2D eigenvalue weighted by molar-refractivity contribution is 9.10. The van der Waals surface area contributed by atoms with E-state index in [1.165, 1.54) is 10.5 Å². The van der Waals surface area contributed by atoms with Crippen molar-refractivity contribution in [2.24, 2.45) is 0 Å². The molecule has 0 aliphatic rings. The summed E-state index contributed by atoms with van der Waals surface area (Å²) in [5, 5.41) is 5.76. The Kier molecular flexibility index (Phi) is 8.57. The zero-order valence-corrected chi connectivity index (χ0v) is 20.7. The zero-order valence-electron chi connectivity index (χ0n) is 18.3. The van der Waals surface area contributed by atoms with Gasteiger partial charge in [-0.1, -0.05) is 30.3 Å². The van der Waals surface area contributed by atoms with Crippen molar-refractivity contribution in [1.29, 1.82) is 0 Å². The first-order valence-corrected chi connectivity index (χ1v) is 11.4. The van der Waals surface area contributed by atoms with E-state index in [-0.39, 0.29) is 16.9 Å². The molecule has 0 atom stereocenters. The molecule has 0 saturated heterocycles. The Morgan fingerprint density at radius 1 is 0.970 bits per heavy atom. The number of anilines is 1. The maximum atomic E-state index is 12.6. The number of halogens is 1. The fourth-order valence-corrected chi connectivity index (χ4v) is 3.68. The van der Waals surface area contributed by atoms with Crippen molar-refractivity contribution in [2.45, 2.75) is 6.42 Å². The molecular formula is C25H24BrN3O3S. The van der Waals surface area contributed by atoms with Gasteiger partial charge in [-0.05, 0) is 76.2 Å². The summed E-state index contributed by atoms with van der Waals surface area (Å²) in [7, 11) is 3.39. The van der Waals surface area contributed by atoms with E-state index in [0.29, 0.717) is 33.6 Å². The molecular weight excluding hydrogens is 502 g/mol. The SMILES string of the molecule is CN(C)C(=O)c1ccc(NC(=S)NC(=O)c2ccc(OCCc3ccccc3)c(Br)c2)cc1. The number of hydrogen-bond donors (Lipinski definition) is 2. The molecule has 0 radical (unpaired) electrons. The number of amides is 2. The minimum absolute atomic E-state index is 0.0875. The highest BCUT2D eigenvalue weighted by atomic mass is 79.9. The predicted octanol–water partition coefficient (Wildman–Crippen LogP) is 4.90. The number of rotatable bonds is 7. The molecule has 3 aromatic carbocycles. The van der Waals surface area contributed by atoms with Gasteiger partial charge < -0.3 is 15.0 Å². The Balaban J connectivity index is 1.52. The van der Waals surface area contributed by atoms with E-state index >= 15 is 0 Å². The molecule has 3 rings (SSSR count). The van der Waals surface area contributed by atoms with Gasteiger partial charge in [-0.15, -0.1) is 0 Å². The minimum atomic E-state index is -0.344. The average Bonchev–Trinajstić information content (AvgIpc) is 2.80. The van der Waals surface area contributed by atoms with Crippen LogP contribution in [-0.4, -0.2) is 42.5 Å². The zero-order chi connectivity index (χ0) is 23.8. The molecule has 0 fully saturated rings. The molecule has 6 nitrogen and oxygen atoms in total. The van der Waals surface area contributed by atoms with Gasteiger partial charge in [0, 0.05) is 37.3 Å². The second kappa shape index (κ2) is 11.6. The van der Waals surface area contributed by atoms with Crippen molar-refractivity contribution < 1.29 is 14.3 Å². The normalized spacial score (nSPS) is 10.3. The lowest BCUT2D eigenvalue weighted by Crippen LogP contribution is -2.34. The molecule has 2 N–H and O–H groups in total. The number of carbonyl (C=O) groups is 2. The van der Waals surface area contributed by atoms with Crippen LogP contribution in [0.15, 0.2) is 77.3 Å². The van der Waals surface area contributed by atoms with Crippen molar-refractivity contribution in [3.63, 3.8) is 0 Å². The average molecular weight is 526 g/mol. The fourth-order valence-electron chi connectivity index (χ4n) is 2.97. The van der Waals surface area contributed by atoms with Crippen molar-refractivity contribution >= 4 is 50.8 Å². The van der Waals surface area contributed by atoms with E-state index in [9.17, 15) is 9.59 Å². The van der Waals surface area contributed by atoms with Crippen LogP contribution in [0.4, 0.5) is 5.69 Å². The van der Waals surface area contributed by atoms with E-state index in [4.69, 9.17) is 17.0 Å². The second-order valence-corrected chi connectivity index (χ2v) is 8.68. The Hall–Kier alpha value is -3.23. The third-order valence-corrected chi connectivity index (χ3v) is 5.53. The molecule has 0 bridgehead atoms. The maximum absolute atomic E-state index is 12.6. The summed E-state index contributed by atoms with van der Waals surface area (Å²) in [5.74, 6) is 0.231. The van der Waals surface area contributed by atoms with Crippen LogP contribution in [0.5, 0.6) is 5.75 Å². The van der Waals surface area contributed by atoms with Crippen LogP contribution in [0.1, 0.15) is 26.3 Å². The van der Waals surface area contributed by atoms with Crippen molar-refractivity contribution in [1.82, 2.24) is 10.2 Å². The predicted molar refractivity (Wildman–Crippen MR) is 138 cm³/mol. The van der Waals surface area contributed by atoms with Crippen molar-refractivity contribution in [3.05, 3.63) is 94.0 Å². The third-order valence-electron chi connectivity index (χ3n) is 4.71. The van der Waals surface area contributed by atoms with Crippen LogP contribution >= 0.6 is 28.1 Å². The molecule has 170 valence electrons. The lowest BCUT2D eigenvalue weighted by molar-refractivity contribution is 0.0827. The molecule has 33 heavy (non-hydrogen) atoms. The largest absolute Gasteiger partial charge is 0.492 e. The number of thiocarbonyl (C=S) groups is 1. The summed E-state index contributed by atoms with van der Waals surface area (Å²) in [4.78, 5) is 26.0. The molecule has 0 aromatic heterocycles. The number of benzene rings is 3. The molecule has 0 saturated carbocycles. The summed E-state index contributed by atoms with van der Waals surface area (Å²) in [6, 6.07) is 22.1. The van der Waals surface area contributed by atoms with Crippen LogP contribution in [-0.2, 0) is 6.42 Å². The molecule has 3 aromatic rings. The van der Waals surface area contributed by atoms with E-state index in [1.54, 1.807) is 56.6 Å². The number of hydrogen-bond acceptors (Lipinski definition) is 4. The quantitative estimate of drug-likeness (QED) is 0.429.